The van der Waals surface area contributed by atoms with Crippen LogP contribution in [0.4, 0.5) is 11.4 Å². The first-order chi connectivity index (χ1) is 9.47. The molecule has 0 saturated heterocycles. The number of aryl methyl sites for hydroxylation is 1. The van der Waals surface area contributed by atoms with E-state index in [0.717, 1.165) is 16.4 Å². The lowest BCUT2D eigenvalue weighted by Gasteiger charge is -2.15. The minimum Gasteiger partial charge on any atom is -0.399 e. The minimum absolute atomic E-state index is 0.0529. The van der Waals surface area contributed by atoms with Crippen LogP contribution in [0.25, 0.3) is 0 Å². The molecule has 0 atom stereocenters. The third kappa shape index (κ3) is 3.27. The van der Waals surface area contributed by atoms with Gasteiger partial charge in [-0.05, 0) is 25.1 Å². The second-order valence-electron chi connectivity index (χ2n) is 4.74. The van der Waals surface area contributed by atoms with E-state index in [1.54, 1.807) is 48.5 Å². The van der Waals surface area contributed by atoms with Crippen LogP contribution < -0.4 is 11.1 Å². The third-order valence-corrected chi connectivity index (χ3v) is 3.74. The molecule has 0 saturated carbocycles. The van der Waals surface area contributed by atoms with Crippen LogP contribution in [0.1, 0.15) is 21.1 Å². The van der Waals surface area contributed by atoms with Crippen molar-refractivity contribution in [3.8, 4) is 0 Å². The smallest absolute Gasteiger partial charge is 0.255 e. The maximum Gasteiger partial charge on any atom is 0.255 e. The number of nitrogens with one attached hydrogen (secondary N) is 1. The van der Waals surface area contributed by atoms with Crippen molar-refractivity contribution in [2.24, 2.45) is 0 Å². The summed E-state index contributed by atoms with van der Waals surface area (Å²) in [6.45, 7) is 2.54. The van der Waals surface area contributed by atoms with Crippen LogP contribution in [0.2, 0.25) is 0 Å². The number of anilines is 2. The molecule has 1 aromatic heterocycles. The van der Waals surface area contributed by atoms with Crippen molar-refractivity contribution in [3.63, 3.8) is 0 Å². The molecule has 0 aliphatic carbocycles. The number of carbonyl (C=O) groups is 1. The zero-order valence-corrected chi connectivity index (χ0v) is 12.6. The van der Waals surface area contributed by atoms with Crippen molar-refractivity contribution in [3.05, 3.63) is 39.8 Å². The van der Waals surface area contributed by atoms with Gasteiger partial charge >= 0.3 is 0 Å². The number of amides is 1. The Morgan fingerprint density at radius 3 is 2.80 bits per heavy atom. The zero-order chi connectivity index (χ0) is 14.7. The molecule has 0 unspecified atom stereocenters. The number of hydrogen-bond acceptors (Lipinski definition) is 5. The van der Waals surface area contributed by atoms with Gasteiger partial charge in [-0.15, -0.1) is 11.3 Å². The monoisotopic (exact) mass is 290 g/mol. The fourth-order valence-electron chi connectivity index (χ4n) is 1.79. The number of hydrogen-bond donors (Lipinski definition) is 2. The van der Waals surface area contributed by atoms with Gasteiger partial charge in [0.1, 0.15) is 5.01 Å². The third-order valence-electron chi connectivity index (χ3n) is 2.78. The average molecular weight is 290 g/mol. The Bertz CT molecular complexity index is 621. The van der Waals surface area contributed by atoms with Gasteiger partial charge in [0.25, 0.3) is 5.91 Å². The molecule has 5 nitrogen and oxygen atoms in total. The molecule has 3 N–H and O–H groups in total. The van der Waals surface area contributed by atoms with Crippen LogP contribution in [0.5, 0.6) is 0 Å². The molecular formula is C14H18N4OS. The van der Waals surface area contributed by atoms with E-state index < -0.39 is 0 Å². The summed E-state index contributed by atoms with van der Waals surface area (Å²) in [5.41, 5.74) is 8.77. The van der Waals surface area contributed by atoms with Crippen molar-refractivity contribution in [2.75, 3.05) is 25.1 Å². The molecule has 0 aliphatic rings. The molecular weight excluding hydrogens is 272 g/mol. The highest BCUT2D eigenvalue weighted by atomic mass is 32.1. The molecule has 1 heterocycles. The van der Waals surface area contributed by atoms with Crippen molar-refractivity contribution in [2.45, 2.75) is 13.5 Å². The highest BCUT2D eigenvalue weighted by Gasteiger charge is 2.13. The molecule has 1 aromatic carbocycles. The predicted molar refractivity (Wildman–Crippen MR) is 83.0 cm³/mol. The van der Waals surface area contributed by atoms with E-state index in [9.17, 15) is 4.79 Å². The largest absolute Gasteiger partial charge is 0.399 e. The quantitative estimate of drug-likeness (QED) is 0.848. The van der Waals surface area contributed by atoms with E-state index >= 15 is 0 Å². The summed E-state index contributed by atoms with van der Waals surface area (Å²) in [4.78, 5) is 18.1. The van der Waals surface area contributed by atoms with E-state index in [1.807, 2.05) is 12.3 Å². The first kappa shape index (κ1) is 14.3. The van der Waals surface area contributed by atoms with Gasteiger partial charge in [-0.3, -0.25) is 4.79 Å². The highest BCUT2D eigenvalue weighted by molar-refractivity contribution is 7.09. The van der Waals surface area contributed by atoms with Crippen molar-refractivity contribution in [1.82, 2.24) is 9.88 Å². The van der Waals surface area contributed by atoms with Gasteiger partial charge < -0.3 is 16.0 Å². The molecule has 2 aromatic rings. The standard InChI is InChI=1S/C14H18N4OS/c1-9-8-20-13(17-9)7-16-12-6-10(15)4-5-11(12)14(19)18(2)3/h4-6,8,16H,7,15H2,1-3H3. The summed E-state index contributed by atoms with van der Waals surface area (Å²) in [7, 11) is 3.46. The second kappa shape index (κ2) is 5.92. The van der Waals surface area contributed by atoms with Crippen LogP contribution in [0.15, 0.2) is 23.6 Å². The Morgan fingerprint density at radius 2 is 2.20 bits per heavy atom. The molecule has 1 amide bonds. The average Bonchev–Trinajstić information content (AvgIpc) is 2.81. The van der Waals surface area contributed by atoms with E-state index in [2.05, 4.69) is 10.3 Å². The van der Waals surface area contributed by atoms with Crippen molar-refractivity contribution in [1.29, 1.82) is 0 Å². The number of thiazole rings is 1. The lowest BCUT2D eigenvalue weighted by molar-refractivity contribution is 0.0828. The van der Waals surface area contributed by atoms with Crippen LogP contribution in [0, 0.1) is 6.92 Å². The summed E-state index contributed by atoms with van der Waals surface area (Å²) in [5.74, 6) is -0.0529. The van der Waals surface area contributed by atoms with Gasteiger partial charge in [0.15, 0.2) is 0 Å². The minimum atomic E-state index is -0.0529. The van der Waals surface area contributed by atoms with E-state index in [4.69, 9.17) is 5.73 Å². The van der Waals surface area contributed by atoms with Crippen LogP contribution in [0.3, 0.4) is 0 Å². The van der Waals surface area contributed by atoms with Crippen molar-refractivity contribution < 1.29 is 4.79 Å². The van der Waals surface area contributed by atoms with Gasteiger partial charge in [0.2, 0.25) is 0 Å². The number of nitrogens with two attached hydrogens (primary N) is 1. The lowest BCUT2D eigenvalue weighted by atomic mass is 10.1. The lowest BCUT2D eigenvalue weighted by Crippen LogP contribution is -2.23. The summed E-state index contributed by atoms with van der Waals surface area (Å²) in [6, 6.07) is 5.25. The topological polar surface area (TPSA) is 71.2 Å². The van der Waals surface area contributed by atoms with Gasteiger partial charge in [-0.2, -0.15) is 0 Å². The summed E-state index contributed by atoms with van der Waals surface area (Å²) in [5, 5.41) is 6.22. The summed E-state index contributed by atoms with van der Waals surface area (Å²) in [6.07, 6.45) is 0. The van der Waals surface area contributed by atoms with E-state index in [1.165, 1.54) is 0 Å². The second-order valence-corrected chi connectivity index (χ2v) is 5.68. The number of benzene rings is 1. The van der Waals surface area contributed by atoms with Crippen LogP contribution in [-0.2, 0) is 6.54 Å². The molecule has 0 spiro atoms. The van der Waals surface area contributed by atoms with Gasteiger partial charge in [-0.1, -0.05) is 0 Å². The highest BCUT2D eigenvalue weighted by Crippen LogP contribution is 2.22. The molecule has 106 valence electrons. The zero-order valence-electron chi connectivity index (χ0n) is 11.8. The molecule has 0 aliphatic heterocycles. The molecule has 0 radical (unpaired) electrons. The normalized spacial score (nSPS) is 10.3. The van der Waals surface area contributed by atoms with Crippen molar-refractivity contribution >= 4 is 28.6 Å². The Morgan fingerprint density at radius 1 is 1.45 bits per heavy atom. The maximum absolute atomic E-state index is 12.1. The summed E-state index contributed by atoms with van der Waals surface area (Å²) < 4.78 is 0. The molecule has 6 heteroatoms. The van der Waals surface area contributed by atoms with Gasteiger partial charge in [0, 0.05) is 36.5 Å². The van der Waals surface area contributed by atoms with Crippen LogP contribution in [-0.4, -0.2) is 29.9 Å². The number of rotatable bonds is 4. The molecule has 2 rings (SSSR count). The number of nitrogens with zero attached hydrogens (tertiary/aromatic N) is 2. The first-order valence-corrected chi connectivity index (χ1v) is 7.11. The Labute approximate surface area is 122 Å². The Kier molecular flexibility index (Phi) is 4.24. The predicted octanol–water partition coefficient (Wildman–Crippen LogP) is 2.35. The maximum atomic E-state index is 12.1. The van der Waals surface area contributed by atoms with E-state index in [-0.39, 0.29) is 5.91 Å². The first-order valence-electron chi connectivity index (χ1n) is 6.23. The Balaban J connectivity index is 2.21. The fourth-order valence-corrected chi connectivity index (χ4v) is 2.50. The molecule has 0 fully saturated rings. The fraction of sp³-hybridized carbons (Fsp3) is 0.286. The Hall–Kier alpha value is -2.08. The van der Waals surface area contributed by atoms with Gasteiger partial charge in [-0.25, -0.2) is 4.98 Å². The van der Waals surface area contributed by atoms with E-state index in [0.29, 0.717) is 17.8 Å². The number of nitrogen functional groups attached to an aromatic ring is 1. The molecule has 20 heavy (non-hydrogen) atoms. The summed E-state index contributed by atoms with van der Waals surface area (Å²) >= 11 is 1.59. The number of aromatic nitrogens is 1. The molecule has 0 bridgehead atoms. The SMILES string of the molecule is Cc1csc(CNc2cc(N)ccc2C(=O)N(C)C)n1. The number of carbonyl (C=O) groups excluding carboxylic acids is 1. The van der Waals surface area contributed by atoms with Crippen LogP contribution >= 0.6 is 11.3 Å². The van der Waals surface area contributed by atoms with Gasteiger partial charge in [0.05, 0.1) is 12.1 Å².